The summed E-state index contributed by atoms with van der Waals surface area (Å²) >= 11 is 0. The van der Waals surface area contributed by atoms with Gasteiger partial charge in [0.1, 0.15) is 0 Å². The summed E-state index contributed by atoms with van der Waals surface area (Å²) in [4.78, 5) is 4.92. The topological polar surface area (TPSA) is 25.4 Å². The first-order valence-electron chi connectivity index (χ1n) is 5.41. The monoisotopic (exact) mass is 246 g/mol. The molecule has 0 bridgehead atoms. The van der Waals surface area contributed by atoms with E-state index in [-0.39, 0.29) is 11.9 Å². The van der Waals surface area contributed by atoms with Crippen LogP contribution in [0.5, 0.6) is 0 Å². The van der Waals surface area contributed by atoms with Crippen LogP contribution in [0.4, 0.5) is 19.0 Å². The highest BCUT2D eigenvalue weighted by Crippen LogP contribution is 2.23. The van der Waals surface area contributed by atoms with E-state index >= 15 is 0 Å². The Morgan fingerprint density at radius 3 is 2.47 bits per heavy atom. The van der Waals surface area contributed by atoms with Crippen LogP contribution in [0.3, 0.4) is 0 Å². The molecule has 0 unspecified atom stereocenters. The van der Waals surface area contributed by atoms with Gasteiger partial charge in [0, 0.05) is 26.3 Å². The molecule has 0 N–H and O–H groups in total. The molecule has 2 heterocycles. The van der Waals surface area contributed by atoms with Gasteiger partial charge < -0.3 is 9.64 Å². The molecular formula is C11H13F3N2O. The van der Waals surface area contributed by atoms with Crippen molar-refractivity contribution < 1.29 is 17.9 Å². The number of hydrogen-bond donors (Lipinski definition) is 0. The molecule has 1 aromatic rings. The van der Waals surface area contributed by atoms with Gasteiger partial charge in [0.25, 0.3) is 5.95 Å². The Morgan fingerprint density at radius 1 is 1.24 bits per heavy atom. The molecule has 0 amide bonds. The maximum absolute atomic E-state index is 13.5. The van der Waals surface area contributed by atoms with Gasteiger partial charge >= 0.3 is 0 Å². The van der Waals surface area contributed by atoms with Gasteiger partial charge in [0.15, 0.2) is 17.5 Å². The zero-order valence-electron chi connectivity index (χ0n) is 9.42. The summed E-state index contributed by atoms with van der Waals surface area (Å²) in [6.07, 6.45) is 1.58. The number of piperidine rings is 1. The Labute approximate surface area is 97.2 Å². The van der Waals surface area contributed by atoms with Crippen molar-refractivity contribution in [3.8, 4) is 0 Å². The molecule has 1 saturated heterocycles. The van der Waals surface area contributed by atoms with E-state index in [0.717, 1.165) is 12.8 Å². The zero-order chi connectivity index (χ0) is 12.4. The molecule has 1 aliphatic heterocycles. The maximum Gasteiger partial charge on any atom is 0.251 e. The minimum atomic E-state index is -1.27. The molecule has 6 heteroatoms. The number of anilines is 1. The molecule has 1 aromatic heterocycles. The van der Waals surface area contributed by atoms with Gasteiger partial charge in [-0.05, 0) is 12.8 Å². The Kier molecular flexibility index (Phi) is 3.51. The average molecular weight is 246 g/mol. The minimum absolute atomic E-state index is 0.126. The average Bonchev–Trinajstić information content (AvgIpc) is 2.34. The van der Waals surface area contributed by atoms with Crippen molar-refractivity contribution in [1.82, 2.24) is 4.98 Å². The standard InChI is InChI=1S/C11H13F3N2O/c1-17-7-2-4-16(5-3-7)11-9(13)6-8(12)10(14)15-11/h6-7H,2-5H2,1H3. The largest absolute Gasteiger partial charge is 0.381 e. The number of rotatable bonds is 2. The summed E-state index contributed by atoms with van der Waals surface area (Å²) in [5, 5.41) is 0. The lowest BCUT2D eigenvalue weighted by atomic mass is 10.1. The number of ether oxygens (including phenoxy) is 1. The molecule has 94 valence electrons. The minimum Gasteiger partial charge on any atom is -0.381 e. The van der Waals surface area contributed by atoms with Crippen LogP contribution in [0.25, 0.3) is 0 Å². The predicted octanol–water partition coefficient (Wildman–Crippen LogP) is 2.11. The number of nitrogens with zero attached hydrogens (tertiary/aromatic N) is 2. The van der Waals surface area contributed by atoms with Gasteiger partial charge in [-0.3, -0.25) is 0 Å². The summed E-state index contributed by atoms with van der Waals surface area (Å²) < 4.78 is 44.3. The molecule has 2 rings (SSSR count). The van der Waals surface area contributed by atoms with Gasteiger partial charge in [-0.2, -0.15) is 9.37 Å². The molecule has 0 aromatic carbocycles. The quantitative estimate of drug-likeness (QED) is 0.747. The first kappa shape index (κ1) is 12.2. The van der Waals surface area contributed by atoms with Crippen molar-refractivity contribution >= 4 is 5.82 Å². The van der Waals surface area contributed by atoms with Crippen LogP contribution in [-0.2, 0) is 4.74 Å². The molecule has 0 saturated carbocycles. The van der Waals surface area contributed by atoms with Crippen LogP contribution < -0.4 is 4.90 Å². The second kappa shape index (κ2) is 4.91. The molecule has 17 heavy (non-hydrogen) atoms. The van der Waals surface area contributed by atoms with Gasteiger partial charge in [-0.25, -0.2) is 8.78 Å². The van der Waals surface area contributed by atoms with E-state index < -0.39 is 17.6 Å². The first-order valence-corrected chi connectivity index (χ1v) is 5.41. The van der Waals surface area contributed by atoms with E-state index in [1.807, 2.05) is 0 Å². The fraction of sp³-hybridized carbons (Fsp3) is 0.545. The second-order valence-electron chi connectivity index (χ2n) is 3.99. The molecule has 3 nitrogen and oxygen atoms in total. The summed E-state index contributed by atoms with van der Waals surface area (Å²) in [5.41, 5.74) is 0. The van der Waals surface area contributed by atoms with E-state index in [4.69, 9.17) is 4.74 Å². The highest BCUT2D eigenvalue weighted by atomic mass is 19.2. The fourth-order valence-electron chi connectivity index (χ4n) is 1.96. The summed E-state index contributed by atoms with van der Waals surface area (Å²) in [7, 11) is 1.62. The van der Waals surface area contributed by atoms with Crippen LogP contribution in [0, 0.1) is 17.6 Å². The van der Waals surface area contributed by atoms with Crippen molar-refractivity contribution in [2.45, 2.75) is 18.9 Å². The third kappa shape index (κ3) is 2.52. The summed E-state index contributed by atoms with van der Waals surface area (Å²) in [6.45, 7) is 1.04. The van der Waals surface area contributed by atoms with Crippen LogP contribution in [0.2, 0.25) is 0 Å². The Morgan fingerprint density at radius 2 is 1.88 bits per heavy atom. The number of hydrogen-bond acceptors (Lipinski definition) is 3. The normalized spacial score (nSPS) is 17.5. The van der Waals surface area contributed by atoms with E-state index in [1.165, 1.54) is 0 Å². The van der Waals surface area contributed by atoms with Crippen molar-refractivity contribution in [1.29, 1.82) is 0 Å². The molecular weight excluding hydrogens is 233 g/mol. The number of aromatic nitrogens is 1. The number of methoxy groups -OCH3 is 1. The molecule has 1 aliphatic rings. The maximum atomic E-state index is 13.5. The fourth-order valence-corrected chi connectivity index (χ4v) is 1.96. The third-order valence-corrected chi connectivity index (χ3v) is 2.94. The summed E-state index contributed by atoms with van der Waals surface area (Å²) in [6, 6.07) is 0.528. The Hall–Kier alpha value is -1.30. The first-order chi connectivity index (χ1) is 8.11. The van der Waals surface area contributed by atoms with Crippen LogP contribution in [-0.4, -0.2) is 31.3 Å². The third-order valence-electron chi connectivity index (χ3n) is 2.94. The SMILES string of the molecule is COC1CCN(c2nc(F)c(F)cc2F)CC1. The molecule has 0 aliphatic carbocycles. The van der Waals surface area contributed by atoms with E-state index in [1.54, 1.807) is 12.0 Å². The van der Waals surface area contributed by atoms with Crippen LogP contribution in [0.15, 0.2) is 6.07 Å². The van der Waals surface area contributed by atoms with Gasteiger partial charge in [0.05, 0.1) is 6.10 Å². The van der Waals surface area contributed by atoms with E-state index in [0.29, 0.717) is 19.2 Å². The molecule has 1 fully saturated rings. The van der Waals surface area contributed by atoms with Crippen molar-refractivity contribution in [2.75, 3.05) is 25.1 Å². The molecule has 0 atom stereocenters. The predicted molar refractivity (Wildman–Crippen MR) is 56.4 cm³/mol. The van der Waals surface area contributed by atoms with E-state index in [2.05, 4.69) is 4.98 Å². The smallest absolute Gasteiger partial charge is 0.251 e. The van der Waals surface area contributed by atoms with Crippen LogP contribution >= 0.6 is 0 Å². The van der Waals surface area contributed by atoms with Crippen molar-refractivity contribution in [3.05, 3.63) is 23.6 Å². The van der Waals surface area contributed by atoms with Gasteiger partial charge in [-0.1, -0.05) is 0 Å². The summed E-state index contributed by atoms with van der Waals surface area (Å²) in [5.74, 6) is -3.49. The lowest BCUT2D eigenvalue weighted by Gasteiger charge is -2.32. The van der Waals surface area contributed by atoms with Gasteiger partial charge in [0.2, 0.25) is 0 Å². The molecule has 0 spiro atoms. The Bertz CT molecular complexity index is 406. The number of halogens is 3. The lowest BCUT2D eigenvalue weighted by Crippen LogP contribution is -2.37. The Balaban J connectivity index is 2.16. The second-order valence-corrected chi connectivity index (χ2v) is 3.99. The van der Waals surface area contributed by atoms with Gasteiger partial charge in [-0.15, -0.1) is 0 Å². The van der Waals surface area contributed by atoms with Crippen molar-refractivity contribution in [3.63, 3.8) is 0 Å². The highest BCUT2D eigenvalue weighted by molar-refractivity contribution is 5.40. The zero-order valence-corrected chi connectivity index (χ0v) is 9.42. The highest BCUT2D eigenvalue weighted by Gasteiger charge is 2.23. The number of pyridine rings is 1. The van der Waals surface area contributed by atoms with E-state index in [9.17, 15) is 13.2 Å². The molecule has 0 radical (unpaired) electrons. The lowest BCUT2D eigenvalue weighted by molar-refractivity contribution is 0.0816. The van der Waals surface area contributed by atoms with Crippen LogP contribution in [0.1, 0.15) is 12.8 Å². The van der Waals surface area contributed by atoms with Crippen molar-refractivity contribution in [2.24, 2.45) is 0 Å².